The Hall–Kier alpha value is -0.410. The molecule has 1 fully saturated rings. The van der Waals surface area contributed by atoms with E-state index in [-0.39, 0.29) is 5.83 Å². The van der Waals surface area contributed by atoms with Gasteiger partial charge in [-0.25, -0.2) is 4.39 Å². The van der Waals surface area contributed by atoms with Crippen LogP contribution >= 0.6 is 0 Å². The molecule has 0 bridgehead atoms. The van der Waals surface area contributed by atoms with Crippen molar-refractivity contribution in [3.8, 4) is 0 Å². The molecule has 0 aromatic rings. The van der Waals surface area contributed by atoms with Crippen molar-refractivity contribution in [1.82, 2.24) is 5.32 Å². The Morgan fingerprint density at radius 3 is 3.00 bits per heavy atom. The van der Waals surface area contributed by atoms with Crippen LogP contribution in [0.1, 0.15) is 6.42 Å². The molecule has 1 heterocycles. The molecule has 1 aliphatic heterocycles. The molecule has 1 saturated heterocycles. The van der Waals surface area contributed by atoms with E-state index in [1.54, 1.807) is 0 Å². The predicted molar refractivity (Wildman–Crippen MR) is 32.7 cm³/mol. The van der Waals surface area contributed by atoms with Crippen molar-refractivity contribution >= 4 is 0 Å². The van der Waals surface area contributed by atoms with Crippen LogP contribution in [0.4, 0.5) is 4.39 Å². The number of halogens is 1. The summed E-state index contributed by atoms with van der Waals surface area (Å²) >= 11 is 0. The number of hydrogen-bond donors (Lipinski definition) is 2. The third-order valence-corrected chi connectivity index (χ3v) is 1.46. The summed E-state index contributed by atoms with van der Waals surface area (Å²) in [5.41, 5.74) is 0.720. The van der Waals surface area contributed by atoms with Crippen LogP contribution < -0.4 is 5.32 Å². The van der Waals surface area contributed by atoms with Gasteiger partial charge in [0.15, 0.2) is 0 Å². The lowest BCUT2D eigenvalue weighted by Crippen LogP contribution is -2.05. The third kappa shape index (κ3) is 1.50. The van der Waals surface area contributed by atoms with Crippen molar-refractivity contribution in [1.29, 1.82) is 0 Å². The molecule has 9 heavy (non-hydrogen) atoms. The first-order valence-corrected chi connectivity index (χ1v) is 3.02. The Labute approximate surface area is 53.4 Å². The van der Waals surface area contributed by atoms with Gasteiger partial charge in [-0.15, -0.1) is 0 Å². The Morgan fingerprint density at radius 2 is 2.56 bits per heavy atom. The van der Waals surface area contributed by atoms with Gasteiger partial charge in [-0.1, -0.05) is 0 Å². The minimum absolute atomic E-state index is 0.361. The van der Waals surface area contributed by atoms with Gasteiger partial charge in [0.05, 0.1) is 6.61 Å². The molecule has 0 saturated carbocycles. The van der Waals surface area contributed by atoms with Crippen LogP contribution in [0, 0.1) is 0 Å². The van der Waals surface area contributed by atoms with Crippen LogP contribution in [-0.4, -0.2) is 24.8 Å². The zero-order chi connectivity index (χ0) is 6.69. The SMILES string of the molecule is OC/C(F)=C1/CCNC1. The minimum atomic E-state index is -0.447. The van der Waals surface area contributed by atoms with Gasteiger partial charge in [0.1, 0.15) is 5.83 Å². The molecule has 1 aliphatic rings. The summed E-state index contributed by atoms with van der Waals surface area (Å²) in [6.45, 7) is 0.992. The van der Waals surface area contributed by atoms with E-state index in [1.807, 2.05) is 0 Å². The average molecular weight is 131 g/mol. The summed E-state index contributed by atoms with van der Waals surface area (Å²) in [4.78, 5) is 0. The fraction of sp³-hybridized carbons (Fsp3) is 0.667. The van der Waals surface area contributed by atoms with Gasteiger partial charge in [0.25, 0.3) is 0 Å². The van der Waals surface area contributed by atoms with Crippen LogP contribution in [0.2, 0.25) is 0 Å². The summed E-state index contributed by atoms with van der Waals surface area (Å²) in [6, 6.07) is 0. The first-order chi connectivity index (χ1) is 4.34. The van der Waals surface area contributed by atoms with E-state index in [0.717, 1.165) is 18.5 Å². The topological polar surface area (TPSA) is 32.3 Å². The summed E-state index contributed by atoms with van der Waals surface area (Å²) in [6.07, 6.45) is 0.742. The molecule has 0 atom stereocenters. The second-order valence-corrected chi connectivity index (χ2v) is 2.09. The fourth-order valence-corrected chi connectivity index (χ4v) is 0.910. The Bertz CT molecular complexity index is 125. The quantitative estimate of drug-likeness (QED) is 0.532. The van der Waals surface area contributed by atoms with Crippen LogP contribution in [0.3, 0.4) is 0 Å². The lowest BCUT2D eigenvalue weighted by atomic mass is 10.2. The van der Waals surface area contributed by atoms with Gasteiger partial charge in [-0.05, 0) is 18.5 Å². The van der Waals surface area contributed by atoms with Gasteiger partial charge in [0.2, 0.25) is 0 Å². The molecule has 0 aromatic carbocycles. The smallest absolute Gasteiger partial charge is 0.126 e. The number of aliphatic hydroxyl groups excluding tert-OH is 1. The molecule has 0 unspecified atom stereocenters. The maximum Gasteiger partial charge on any atom is 0.126 e. The van der Waals surface area contributed by atoms with Crippen molar-refractivity contribution < 1.29 is 9.50 Å². The molecule has 1 rings (SSSR count). The highest BCUT2D eigenvalue weighted by Gasteiger charge is 2.10. The average Bonchev–Trinajstić information content (AvgIpc) is 2.37. The molecule has 0 aromatic heterocycles. The predicted octanol–water partition coefficient (Wildman–Crippen LogP) is 0.196. The van der Waals surface area contributed by atoms with Gasteiger partial charge >= 0.3 is 0 Å². The lowest BCUT2D eigenvalue weighted by Gasteiger charge is -1.94. The van der Waals surface area contributed by atoms with E-state index in [9.17, 15) is 4.39 Å². The standard InChI is InChI=1S/C6H10FNO/c7-6(4-9)5-1-2-8-3-5/h8-9H,1-4H2/b6-5+. The van der Waals surface area contributed by atoms with E-state index in [1.165, 1.54) is 0 Å². The molecule has 52 valence electrons. The normalized spacial score (nSPS) is 24.7. The summed E-state index contributed by atoms with van der Waals surface area (Å²) in [5, 5.41) is 11.3. The number of rotatable bonds is 1. The zero-order valence-electron chi connectivity index (χ0n) is 5.15. The van der Waals surface area contributed by atoms with E-state index in [2.05, 4.69) is 5.32 Å². The highest BCUT2D eigenvalue weighted by atomic mass is 19.1. The maximum atomic E-state index is 12.4. The largest absolute Gasteiger partial charge is 0.389 e. The Morgan fingerprint density at radius 1 is 1.78 bits per heavy atom. The van der Waals surface area contributed by atoms with Crippen LogP contribution in [0.15, 0.2) is 11.4 Å². The van der Waals surface area contributed by atoms with Crippen LogP contribution in [-0.2, 0) is 0 Å². The van der Waals surface area contributed by atoms with Gasteiger partial charge in [-0.3, -0.25) is 0 Å². The molecule has 0 radical (unpaired) electrons. The number of nitrogens with one attached hydrogen (secondary N) is 1. The second kappa shape index (κ2) is 2.94. The van der Waals surface area contributed by atoms with Gasteiger partial charge < -0.3 is 10.4 Å². The number of hydrogen-bond acceptors (Lipinski definition) is 2. The van der Waals surface area contributed by atoms with Crippen molar-refractivity contribution in [3.63, 3.8) is 0 Å². The Kier molecular flexibility index (Phi) is 2.19. The third-order valence-electron chi connectivity index (χ3n) is 1.46. The van der Waals surface area contributed by atoms with Crippen molar-refractivity contribution in [3.05, 3.63) is 11.4 Å². The van der Waals surface area contributed by atoms with Crippen molar-refractivity contribution in [2.45, 2.75) is 6.42 Å². The highest BCUT2D eigenvalue weighted by Crippen LogP contribution is 2.12. The molecule has 0 aliphatic carbocycles. The van der Waals surface area contributed by atoms with Gasteiger partial charge in [0, 0.05) is 6.54 Å². The first kappa shape index (κ1) is 6.71. The van der Waals surface area contributed by atoms with Crippen molar-refractivity contribution in [2.24, 2.45) is 0 Å². The molecule has 0 amide bonds. The van der Waals surface area contributed by atoms with Crippen LogP contribution in [0.25, 0.3) is 0 Å². The summed E-state index contributed by atoms with van der Waals surface area (Å²) < 4.78 is 12.4. The van der Waals surface area contributed by atoms with Crippen molar-refractivity contribution in [2.75, 3.05) is 19.7 Å². The molecule has 3 heteroatoms. The summed E-state index contributed by atoms with van der Waals surface area (Å²) in [7, 11) is 0. The maximum absolute atomic E-state index is 12.4. The molecule has 2 N–H and O–H groups in total. The van der Waals surface area contributed by atoms with E-state index in [4.69, 9.17) is 5.11 Å². The lowest BCUT2D eigenvalue weighted by molar-refractivity contribution is 0.295. The van der Waals surface area contributed by atoms with Crippen LogP contribution in [0.5, 0.6) is 0 Å². The first-order valence-electron chi connectivity index (χ1n) is 3.02. The zero-order valence-corrected chi connectivity index (χ0v) is 5.15. The fourth-order valence-electron chi connectivity index (χ4n) is 0.910. The van der Waals surface area contributed by atoms with E-state index in [0.29, 0.717) is 6.54 Å². The molecular formula is C6H10FNO. The molecule has 2 nitrogen and oxygen atoms in total. The second-order valence-electron chi connectivity index (χ2n) is 2.09. The highest BCUT2D eigenvalue weighted by molar-refractivity contribution is 5.13. The van der Waals surface area contributed by atoms with E-state index >= 15 is 0 Å². The molecule has 0 spiro atoms. The Balaban J connectivity index is 2.55. The monoisotopic (exact) mass is 131 g/mol. The van der Waals surface area contributed by atoms with E-state index < -0.39 is 6.61 Å². The number of aliphatic hydroxyl groups is 1. The summed E-state index contributed by atoms with van der Waals surface area (Å²) in [5.74, 6) is -0.361. The van der Waals surface area contributed by atoms with Gasteiger partial charge in [-0.2, -0.15) is 0 Å². The minimum Gasteiger partial charge on any atom is -0.389 e. The molecular weight excluding hydrogens is 121 g/mol.